The van der Waals surface area contributed by atoms with Gasteiger partial charge >= 0.3 is 0 Å². The van der Waals surface area contributed by atoms with Crippen LogP contribution in [0.25, 0.3) is 0 Å². The summed E-state index contributed by atoms with van der Waals surface area (Å²) < 4.78 is 0. The second kappa shape index (κ2) is 4.14. The molecule has 1 aliphatic heterocycles. The van der Waals surface area contributed by atoms with E-state index < -0.39 is 0 Å². The van der Waals surface area contributed by atoms with Crippen LogP contribution in [-0.2, 0) is 0 Å². The first-order valence-corrected chi connectivity index (χ1v) is 5.49. The molecule has 0 saturated carbocycles. The van der Waals surface area contributed by atoms with E-state index >= 15 is 0 Å². The second-order valence-corrected chi connectivity index (χ2v) is 4.18. The maximum absolute atomic E-state index is 5.74. The number of hydrogen-bond donors (Lipinski definition) is 1. The lowest BCUT2D eigenvalue weighted by atomic mass is 10.2. The Morgan fingerprint density at radius 2 is 2.07 bits per heavy atom. The number of hydrogen-bond acceptors (Lipinski definition) is 4. The average Bonchev–Trinajstić information content (AvgIpc) is 2.63. The minimum Gasteiger partial charge on any atom is -0.337 e. The molecule has 4 nitrogen and oxygen atoms in total. The summed E-state index contributed by atoms with van der Waals surface area (Å²) >= 11 is 0. The second-order valence-electron chi connectivity index (χ2n) is 4.18. The summed E-state index contributed by atoms with van der Waals surface area (Å²) in [4.78, 5) is 11.2. The molecule has 1 aromatic heterocycles. The molecule has 82 valence electrons. The van der Waals surface area contributed by atoms with Crippen molar-refractivity contribution in [2.75, 3.05) is 18.0 Å². The fourth-order valence-electron chi connectivity index (χ4n) is 2.18. The zero-order chi connectivity index (χ0) is 10.8. The van der Waals surface area contributed by atoms with Crippen LogP contribution in [0.5, 0.6) is 0 Å². The Bertz CT molecular complexity index is 330. The van der Waals surface area contributed by atoms with Crippen LogP contribution >= 0.6 is 0 Å². The molecule has 0 spiro atoms. The fraction of sp³-hybridized carbons (Fsp3) is 0.636. The molecular formula is C11H18N4. The summed E-state index contributed by atoms with van der Waals surface area (Å²) in [6, 6.07) is 2.42. The molecule has 2 N–H and O–H groups in total. The summed E-state index contributed by atoms with van der Waals surface area (Å²) in [5, 5.41) is 0. The predicted molar refractivity (Wildman–Crippen MR) is 60.9 cm³/mol. The quantitative estimate of drug-likeness (QED) is 0.785. The number of nitrogens with zero attached hydrogens (tertiary/aromatic N) is 3. The Balaban J connectivity index is 2.28. The minimum atomic E-state index is 0.422. The lowest BCUT2D eigenvalue weighted by Gasteiger charge is -2.23. The van der Waals surface area contributed by atoms with Crippen molar-refractivity contribution in [2.24, 2.45) is 5.73 Å². The molecule has 0 bridgehead atoms. The van der Waals surface area contributed by atoms with E-state index in [0.717, 1.165) is 30.3 Å². The van der Waals surface area contributed by atoms with E-state index in [-0.39, 0.29) is 0 Å². The molecule has 0 amide bonds. The lowest BCUT2D eigenvalue weighted by molar-refractivity contribution is 0.662. The van der Waals surface area contributed by atoms with Crippen LogP contribution in [0.4, 0.5) is 5.95 Å². The van der Waals surface area contributed by atoms with E-state index in [0.29, 0.717) is 12.6 Å². The highest BCUT2D eigenvalue weighted by Crippen LogP contribution is 2.21. The number of aromatic nitrogens is 2. The van der Waals surface area contributed by atoms with Gasteiger partial charge in [-0.05, 0) is 32.8 Å². The molecule has 2 rings (SSSR count). The van der Waals surface area contributed by atoms with Crippen LogP contribution in [0.1, 0.15) is 24.2 Å². The molecule has 1 fully saturated rings. The lowest BCUT2D eigenvalue weighted by Crippen LogP contribution is -2.36. The van der Waals surface area contributed by atoms with Gasteiger partial charge in [0, 0.05) is 30.5 Å². The zero-order valence-electron chi connectivity index (χ0n) is 9.40. The molecule has 0 aliphatic carbocycles. The van der Waals surface area contributed by atoms with Crippen molar-refractivity contribution >= 4 is 5.95 Å². The maximum Gasteiger partial charge on any atom is 0.226 e. The van der Waals surface area contributed by atoms with E-state index in [4.69, 9.17) is 5.73 Å². The standard InChI is InChI=1S/C11H18N4/c1-8-6-9(2)14-11(13-8)15-5-3-4-10(15)7-12/h6,10H,3-5,7,12H2,1-2H3/t10-/m1/s1. The first-order chi connectivity index (χ1) is 7.20. The average molecular weight is 206 g/mol. The predicted octanol–water partition coefficient (Wildman–Crippen LogP) is 1.02. The fourth-order valence-corrected chi connectivity index (χ4v) is 2.18. The van der Waals surface area contributed by atoms with Gasteiger partial charge in [0.2, 0.25) is 5.95 Å². The molecule has 0 aromatic carbocycles. The summed E-state index contributed by atoms with van der Waals surface area (Å²) in [6.07, 6.45) is 2.35. The molecule has 2 heterocycles. The molecule has 1 atom stereocenters. The zero-order valence-corrected chi connectivity index (χ0v) is 9.40. The monoisotopic (exact) mass is 206 g/mol. The van der Waals surface area contributed by atoms with Crippen LogP contribution in [0.15, 0.2) is 6.07 Å². The third-order valence-corrected chi connectivity index (χ3v) is 2.88. The Labute approximate surface area is 90.5 Å². The largest absolute Gasteiger partial charge is 0.337 e. The van der Waals surface area contributed by atoms with Crippen LogP contribution in [-0.4, -0.2) is 29.1 Å². The van der Waals surface area contributed by atoms with Gasteiger partial charge in [-0.25, -0.2) is 9.97 Å². The molecule has 0 radical (unpaired) electrons. The van der Waals surface area contributed by atoms with Crippen molar-refractivity contribution in [3.8, 4) is 0 Å². The number of nitrogens with two attached hydrogens (primary N) is 1. The Morgan fingerprint density at radius 1 is 1.40 bits per heavy atom. The van der Waals surface area contributed by atoms with E-state index in [1.165, 1.54) is 6.42 Å². The third-order valence-electron chi connectivity index (χ3n) is 2.88. The van der Waals surface area contributed by atoms with Crippen LogP contribution < -0.4 is 10.6 Å². The third kappa shape index (κ3) is 2.09. The smallest absolute Gasteiger partial charge is 0.226 e. The van der Waals surface area contributed by atoms with Gasteiger partial charge in [-0.15, -0.1) is 0 Å². The topological polar surface area (TPSA) is 55.0 Å². The summed E-state index contributed by atoms with van der Waals surface area (Å²) in [7, 11) is 0. The van der Waals surface area contributed by atoms with E-state index in [9.17, 15) is 0 Å². The van der Waals surface area contributed by atoms with Crippen LogP contribution in [0, 0.1) is 13.8 Å². The highest BCUT2D eigenvalue weighted by Gasteiger charge is 2.25. The van der Waals surface area contributed by atoms with Gasteiger partial charge in [-0.2, -0.15) is 0 Å². The maximum atomic E-state index is 5.74. The number of aryl methyl sites for hydroxylation is 2. The number of anilines is 1. The van der Waals surface area contributed by atoms with Crippen molar-refractivity contribution in [3.63, 3.8) is 0 Å². The van der Waals surface area contributed by atoms with Crippen molar-refractivity contribution < 1.29 is 0 Å². The van der Waals surface area contributed by atoms with Crippen molar-refractivity contribution in [3.05, 3.63) is 17.5 Å². The highest BCUT2D eigenvalue weighted by molar-refractivity contribution is 5.35. The Morgan fingerprint density at radius 3 is 2.67 bits per heavy atom. The molecule has 1 aliphatic rings. The summed E-state index contributed by atoms with van der Waals surface area (Å²) in [5.74, 6) is 0.848. The van der Waals surface area contributed by atoms with E-state index in [2.05, 4.69) is 14.9 Å². The first kappa shape index (κ1) is 10.4. The summed E-state index contributed by atoms with van der Waals surface area (Å²) in [6.45, 7) is 5.73. The van der Waals surface area contributed by atoms with Gasteiger partial charge < -0.3 is 10.6 Å². The molecular weight excluding hydrogens is 188 g/mol. The van der Waals surface area contributed by atoms with E-state index in [1.54, 1.807) is 0 Å². The number of rotatable bonds is 2. The van der Waals surface area contributed by atoms with Crippen LogP contribution in [0.2, 0.25) is 0 Å². The van der Waals surface area contributed by atoms with Gasteiger partial charge in [0.25, 0.3) is 0 Å². The molecule has 0 unspecified atom stereocenters. The molecule has 4 heteroatoms. The normalized spacial score (nSPS) is 21.0. The van der Waals surface area contributed by atoms with Crippen LogP contribution in [0.3, 0.4) is 0 Å². The summed E-state index contributed by atoms with van der Waals surface area (Å²) in [5.41, 5.74) is 7.80. The SMILES string of the molecule is Cc1cc(C)nc(N2CCC[C@@H]2CN)n1. The van der Waals surface area contributed by atoms with Gasteiger partial charge in [0.1, 0.15) is 0 Å². The van der Waals surface area contributed by atoms with Crippen molar-refractivity contribution in [1.82, 2.24) is 9.97 Å². The minimum absolute atomic E-state index is 0.422. The van der Waals surface area contributed by atoms with Gasteiger partial charge in [-0.1, -0.05) is 0 Å². The van der Waals surface area contributed by atoms with Crippen molar-refractivity contribution in [2.45, 2.75) is 32.7 Å². The Hall–Kier alpha value is -1.16. The van der Waals surface area contributed by atoms with E-state index in [1.807, 2.05) is 19.9 Å². The van der Waals surface area contributed by atoms with Crippen molar-refractivity contribution in [1.29, 1.82) is 0 Å². The van der Waals surface area contributed by atoms with Gasteiger partial charge in [-0.3, -0.25) is 0 Å². The Kier molecular flexibility index (Phi) is 2.86. The van der Waals surface area contributed by atoms with Gasteiger partial charge in [0.05, 0.1) is 0 Å². The highest BCUT2D eigenvalue weighted by atomic mass is 15.3. The molecule has 1 aromatic rings. The molecule has 15 heavy (non-hydrogen) atoms. The van der Waals surface area contributed by atoms with Gasteiger partial charge in [0.15, 0.2) is 0 Å². The molecule has 1 saturated heterocycles. The first-order valence-electron chi connectivity index (χ1n) is 5.49.